The van der Waals surface area contributed by atoms with Gasteiger partial charge in [0.15, 0.2) is 0 Å². The second-order valence-corrected chi connectivity index (χ2v) is 11.2. The second kappa shape index (κ2) is 12.9. The van der Waals surface area contributed by atoms with Crippen molar-refractivity contribution in [1.82, 2.24) is 10.2 Å². The molecule has 1 N–H and O–H groups in total. The van der Waals surface area contributed by atoms with Gasteiger partial charge < -0.3 is 10.1 Å². The summed E-state index contributed by atoms with van der Waals surface area (Å²) in [6, 6.07) is 19.1. The number of sulfonamides is 1. The molecule has 1 amide bonds. The highest BCUT2D eigenvalue weighted by atomic mass is 32.2. The lowest BCUT2D eigenvalue weighted by Crippen LogP contribution is -2.40. The molecule has 202 valence electrons. The zero-order valence-corrected chi connectivity index (χ0v) is 22.4. The Morgan fingerprint density at radius 2 is 1.66 bits per heavy atom. The summed E-state index contributed by atoms with van der Waals surface area (Å²) in [4.78, 5) is 15.4. The quantitative estimate of drug-likeness (QED) is 0.382. The highest BCUT2D eigenvalue weighted by Crippen LogP contribution is 2.25. The Kier molecular flexibility index (Phi) is 9.36. The van der Waals surface area contributed by atoms with Crippen LogP contribution in [0.4, 0.5) is 10.1 Å². The molecule has 0 spiro atoms. The largest absolute Gasteiger partial charge is 0.494 e. The predicted octanol–water partition coefficient (Wildman–Crippen LogP) is 4.72. The normalized spacial score (nSPS) is 14.2. The average molecular weight is 540 g/mol. The van der Waals surface area contributed by atoms with Crippen molar-refractivity contribution < 1.29 is 22.3 Å². The molecule has 1 heterocycles. The van der Waals surface area contributed by atoms with Crippen molar-refractivity contribution in [2.24, 2.45) is 0 Å². The lowest BCUT2D eigenvalue weighted by Gasteiger charge is -2.26. The molecule has 3 aromatic rings. The molecule has 38 heavy (non-hydrogen) atoms. The minimum absolute atomic E-state index is 0.00323. The predicted molar refractivity (Wildman–Crippen MR) is 146 cm³/mol. The van der Waals surface area contributed by atoms with Crippen LogP contribution >= 0.6 is 0 Å². The molecule has 0 bridgehead atoms. The van der Waals surface area contributed by atoms with Crippen molar-refractivity contribution in [2.75, 3.05) is 30.5 Å². The molecule has 0 saturated carbocycles. The van der Waals surface area contributed by atoms with Gasteiger partial charge in [0.05, 0.1) is 17.2 Å². The number of nitrogens with one attached hydrogen (secondary N) is 1. The number of carbonyl (C=O) groups is 1. The molecule has 0 radical (unpaired) electrons. The Morgan fingerprint density at radius 1 is 0.974 bits per heavy atom. The van der Waals surface area contributed by atoms with Crippen molar-refractivity contribution in [3.8, 4) is 5.75 Å². The monoisotopic (exact) mass is 539 g/mol. The first-order valence-electron chi connectivity index (χ1n) is 12.9. The van der Waals surface area contributed by atoms with E-state index in [2.05, 4.69) is 22.3 Å². The molecule has 3 aromatic carbocycles. The molecule has 1 saturated heterocycles. The van der Waals surface area contributed by atoms with Gasteiger partial charge in [0.25, 0.3) is 10.0 Å². The summed E-state index contributed by atoms with van der Waals surface area (Å²) in [5, 5.41) is 2.84. The Bertz CT molecular complexity index is 1310. The van der Waals surface area contributed by atoms with Gasteiger partial charge in [-0.05, 0) is 92.5 Å². The van der Waals surface area contributed by atoms with E-state index in [1.54, 1.807) is 12.1 Å². The molecule has 0 aliphatic carbocycles. The van der Waals surface area contributed by atoms with E-state index in [1.807, 2.05) is 19.1 Å². The standard InChI is InChI=1S/C29H34FN3O4S/c1-2-37-27-13-15-28(16-14-27)38(35,36)33(26-11-9-25(30)10-12-26)22-29(34)31-20-23-7-6-8-24(19-23)21-32-17-4-3-5-18-32/h6-16,19H,2-5,17-18,20-22H2,1H3,(H,31,34). The van der Waals surface area contributed by atoms with Crippen LogP contribution in [0.15, 0.2) is 77.7 Å². The van der Waals surface area contributed by atoms with Crippen LogP contribution in [0.1, 0.15) is 37.3 Å². The average Bonchev–Trinajstić information content (AvgIpc) is 2.92. The van der Waals surface area contributed by atoms with Gasteiger partial charge in [-0.1, -0.05) is 30.7 Å². The fourth-order valence-corrected chi connectivity index (χ4v) is 5.95. The van der Waals surface area contributed by atoms with E-state index in [-0.39, 0.29) is 17.1 Å². The van der Waals surface area contributed by atoms with E-state index in [0.717, 1.165) is 29.5 Å². The summed E-state index contributed by atoms with van der Waals surface area (Å²) in [6.45, 7) is 5.19. The van der Waals surface area contributed by atoms with E-state index in [1.165, 1.54) is 61.2 Å². The third-order valence-corrected chi connectivity index (χ3v) is 8.25. The smallest absolute Gasteiger partial charge is 0.264 e. The van der Waals surface area contributed by atoms with E-state index < -0.39 is 28.3 Å². The van der Waals surface area contributed by atoms with Crippen LogP contribution in [0.5, 0.6) is 5.75 Å². The number of nitrogens with zero attached hydrogens (tertiary/aromatic N) is 2. The zero-order valence-electron chi connectivity index (χ0n) is 21.6. The Hall–Kier alpha value is -3.43. The van der Waals surface area contributed by atoms with Gasteiger partial charge in [0.2, 0.25) is 5.91 Å². The highest BCUT2D eigenvalue weighted by molar-refractivity contribution is 7.92. The lowest BCUT2D eigenvalue weighted by atomic mass is 10.1. The number of rotatable bonds is 11. The van der Waals surface area contributed by atoms with Crippen molar-refractivity contribution in [1.29, 1.82) is 0 Å². The number of ether oxygens (including phenoxy) is 1. The third-order valence-electron chi connectivity index (χ3n) is 6.46. The fourth-order valence-electron chi connectivity index (χ4n) is 4.52. The first-order chi connectivity index (χ1) is 18.3. The van der Waals surface area contributed by atoms with Crippen LogP contribution in [0, 0.1) is 5.82 Å². The highest BCUT2D eigenvalue weighted by Gasteiger charge is 2.27. The molecule has 0 atom stereocenters. The SMILES string of the molecule is CCOc1ccc(S(=O)(=O)N(CC(=O)NCc2cccc(CN3CCCCC3)c2)c2ccc(F)cc2)cc1. The van der Waals surface area contributed by atoms with E-state index >= 15 is 0 Å². The van der Waals surface area contributed by atoms with Crippen LogP contribution in [-0.2, 0) is 27.9 Å². The number of anilines is 1. The minimum atomic E-state index is -4.11. The molecule has 1 fully saturated rings. The van der Waals surface area contributed by atoms with Crippen molar-refractivity contribution >= 4 is 21.6 Å². The first-order valence-corrected chi connectivity index (χ1v) is 14.4. The van der Waals surface area contributed by atoms with Crippen molar-refractivity contribution in [3.63, 3.8) is 0 Å². The topological polar surface area (TPSA) is 79.0 Å². The Labute approximate surface area is 224 Å². The van der Waals surface area contributed by atoms with Crippen molar-refractivity contribution in [3.05, 3.63) is 89.7 Å². The molecule has 0 aromatic heterocycles. The molecule has 0 unspecified atom stereocenters. The van der Waals surface area contributed by atoms with Crippen LogP contribution in [0.3, 0.4) is 0 Å². The molecule has 9 heteroatoms. The number of hydrogen-bond acceptors (Lipinski definition) is 5. The van der Waals surface area contributed by atoms with E-state index in [9.17, 15) is 17.6 Å². The summed E-state index contributed by atoms with van der Waals surface area (Å²) in [5.41, 5.74) is 2.32. The van der Waals surface area contributed by atoms with Crippen molar-refractivity contribution in [2.45, 2.75) is 44.2 Å². The number of halogens is 1. The summed E-state index contributed by atoms with van der Waals surface area (Å²) < 4.78 is 47.0. The molecule has 1 aliphatic rings. The summed E-state index contributed by atoms with van der Waals surface area (Å²) >= 11 is 0. The molecular formula is C29H34FN3O4S. The van der Waals surface area contributed by atoms with Crippen LogP contribution in [-0.4, -0.2) is 45.5 Å². The fraction of sp³-hybridized carbons (Fsp3) is 0.345. The van der Waals surface area contributed by atoms with Crippen LogP contribution in [0.25, 0.3) is 0 Å². The molecular weight excluding hydrogens is 505 g/mol. The summed E-state index contributed by atoms with van der Waals surface area (Å²) in [6.07, 6.45) is 3.73. The minimum Gasteiger partial charge on any atom is -0.494 e. The number of carbonyl (C=O) groups excluding carboxylic acids is 1. The molecule has 7 nitrogen and oxygen atoms in total. The van der Waals surface area contributed by atoms with Gasteiger partial charge in [0.1, 0.15) is 18.1 Å². The third kappa shape index (κ3) is 7.33. The van der Waals surface area contributed by atoms with Gasteiger partial charge in [-0.15, -0.1) is 0 Å². The first kappa shape index (κ1) is 27.6. The number of benzene rings is 3. The van der Waals surface area contributed by atoms with Crippen LogP contribution < -0.4 is 14.4 Å². The number of likely N-dealkylation sites (tertiary alicyclic amines) is 1. The van der Waals surface area contributed by atoms with Gasteiger partial charge in [-0.25, -0.2) is 12.8 Å². The van der Waals surface area contributed by atoms with Crippen LogP contribution in [0.2, 0.25) is 0 Å². The summed E-state index contributed by atoms with van der Waals surface area (Å²) in [7, 11) is -4.11. The Balaban J connectivity index is 1.46. The van der Waals surface area contributed by atoms with Gasteiger partial charge in [0, 0.05) is 13.1 Å². The zero-order chi connectivity index (χ0) is 27.0. The molecule has 1 aliphatic heterocycles. The van der Waals surface area contributed by atoms with E-state index in [4.69, 9.17) is 4.74 Å². The van der Waals surface area contributed by atoms with Gasteiger partial charge >= 0.3 is 0 Å². The number of piperidine rings is 1. The lowest BCUT2D eigenvalue weighted by molar-refractivity contribution is -0.119. The maximum absolute atomic E-state index is 13.6. The van der Waals surface area contributed by atoms with E-state index in [0.29, 0.717) is 12.4 Å². The number of hydrogen-bond donors (Lipinski definition) is 1. The number of amides is 1. The van der Waals surface area contributed by atoms with Gasteiger partial charge in [-0.2, -0.15) is 0 Å². The summed E-state index contributed by atoms with van der Waals surface area (Å²) in [5.74, 6) is -0.425. The maximum atomic E-state index is 13.6. The Morgan fingerprint density at radius 3 is 2.34 bits per heavy atom. The molecule has 4 rings (SSSR count). The maximum Gasteiger partial charge on any atom is 0.264 e. The second-order valence-electron chi connectivity index (χ2n) is 9.33. The van der Waals surface area contributed by atoms with Gasteiger partial charge in [-0.3, -0.25) is 14.0 Å².